The first kappa shape index (κ1) is 24.4. The Hall–Kier alpha value is -3.23. The van der Waals surface area contributed by atoms with Crippen molar-refractivity contribution in [1.82, 2.24) is 10.1 Å². The molecular weight excluding hydrogens is 436 g/mol. The van der Waals surface area contributed by atoms with Crippen LogP contribution in [0.1, 0.15) is 33.3 Å². The number of likely N-dealkylation sites (N-methyl/N-ethyl adjacent to an activating group) is 1. The van der Waals surface area contributed by atoms with E-state index in [0.717, 1.165) is 17.2 Å². The number of methoxy groups -OCH3 is 1. The van der Waals surface area contributed by atoms with Crippen LogP contribution in [-0.4, -0.2) is 44.0 Å². The molecule has 3 aromatic rings. The molecule has 1 aromatic heterocycles. The second-order valence-corrected chi connectivity index (χ2v) is 14.2. The van der Waals surface area contributed by atoms with Crippen LogP contribution in [0.4, 0.5) is 0 Å². The molecule has 0 radical (unpaired) electrons. The molecule has 1 N–H and O–H groups in total. The normalized spacial score (nSPS) is 12.4. The number of ketones is 1. The third kappa shape index (κ3) is 5.97. The largest absolute Gasteiger partial charge is 0.380 e. The number of nitrogens with zero attached hydrogens (tertiary/aromatic N) is 1. The Balaban J connectivity index is 1.90. The first-order chi connectivity index (χ1) is 15.6. The minimum atomic E-state index is -1.44. The van der Waals surface area contributed by atoms with E-state index >= 15 is 0 Å². The van der Waals surface area contributed by atoms with E-state index in [1.807, 2.05) is 36.4 Å². The van der Waals surface area contributed by atoms with Crippen molar-refractivity contribution in [2.75, 3.05) is 14.2 Å². The van der Waals surface area contributed by atoms with Crippen LogP contribution in [0.25, 0.3) is 0 Å². The predicted molar refractivity (Wildman–Crippen MR) is 129 cm³/mol. The van der Waals surface area contributed by atoms with Crippen LogP contribution in [0.3, 0.4) is 0 Å². The average Bonchev–Trinajstić information content (AvgIpc) is 3.20. The number of nitrogens with one attached hydrogen (secondary N) is 1. The van der Waals surface area contributed by atoms with Crippen molar-refractivity contribution in [2.45, 2.75) is 38.7 Å². The van der Waals surface area contributed by atoms with Crippen molar-refractivity contribution in [3.8, 4) is 0 Å². The Labute approximate surface area is 194 Å². The smallest absolute Gasteiger partial charge is 0.293 e. The minimum absolute atomic E-state index is 0.135. The van der Waals surface area contributed by atoms with Gasteiger partial charge in [-0.25, -0.2) is 0 Å². The fraction of sp³-hybridized carbons (Fsp3) is 0.320. The molecule has 0 aliphatic heterocycles. The van der Waals surface area contributed by atoms with Gasteiger partial charge in [0.2, 0.25) is 5.76 Å². The van der Waals surface area contributed by atoms with Crippen LogP contribution in [0, 0.1) is 0 Å². The molecular formula is C25H30N2O5Si. The fourth-order valence-corrected chi connectivity index (χ4v) is 4.86. The van der Waals surface area contributed by atoms with Crippen LogP contribution in [0.15, 0.2) is 63.9 Å². The Morgan fingerprint density at radius 1 is 1.03 bits per heavy atom. The molecule has 174 valence electrons. The van der Waals surface area contributed by atoms with Gasteiger partial charge in [-0.1, -0.05) is 73.4 Å². The van der Waals surface area contributed by atoms with E-state index in [1.165, 1.54) is 17.1 Å². The van der Waals surface area contributed by atoms with Crippen molar-refractivity contribution in [3.63, 3.8) is 0 Å². The van der Waals surface area contributed by atoms with E-state index in [1.54, 1.807) is 7.11 Å². The van der Waals surface area contributed by atoms with Gasteiger partial charge in [0.05, 0.1) is 20.7 Å². The number of benzene rings is 2. The maximum absolute atomic E-state index is 13.5. The molecule has 2 aromatic carbocycles. The van der Waals surface area contributed by atoms with Gasteiger partial charge in [0.15, 0.2) is 5.78 Å². The molecule has 8 heteroatoms. The number of aromatic amines is 1. The second kappa shape index (κ2) is 10.1. The van der Waals surface area contributed by atoms with E-state index in [4.69, 9.17) is 9.26 Å². The molecule has 0 bridgehead atoms. The van der Waals surface area contributed by atoms with Gasteiger partial charge in [-0.2, -0.15) is 5.16 Å². The van der Waals surface area contributed by atoms with Crippen molar-refractivity contribution < 1.29 is 18.8 Å². The molecule has 1 heterocycles. The van der Waals surface area contributed by atoms with Crippen molar-refractivity contribution in [2.24, 2.45) is 0 Å². The molecule has 1 unspecified atom stereocenters. The highest BCUT2D eigenvalue weighted by atomic mass is 28.3. The summed E-state index contributed by atoms with van der Waals surface area (Å²) in [6.07, 6.45) is 0.172. The van der Waals surface area contributed by atoms with E-state index in [-0.39, 0.29) is 18.0 Å². The summed E-state index contributed by atoms with van der Waals surface area (Å²) in [4.78, 5) is 39.2. The lowest BCUT2D eigenvalue weighted by molar-refractivity contribution is -0.122. The van der Waals surface area contributed by atoms with Crippen LogP contribution < -0.4 is 10.7 Å². The number of H-pyrrole nitrogens is 1. The summed E-state index contributed by atoms with van der Waals surface area (Å²) < 4.78 is 10.1. The number of hydrogen-bond donors (Lipinski definition) is 1. The predicted octanol–water partition coefficient (Wildman–Crippen LogP) is 3.28. The maximum atomic E-state index is 13.5. The molecule has 1 atom stereocenters. The van der Waals surface area contributed by atoms with E-state index < -0.39 is 25.6 Å². The number of rotatable bonds is 9. The number of carbonyl (C=O) groups excluding carboxylic acids is 2. The zero-order chi connectivity index (χ0) is 24.2. The Morgan fingerprint density at radius 2 is 1.64 bits per heavy atom. The number of amides is 1. The highest BCUT2D eigenvalue weighted by molar-refractivity contribution is 6.88. The van der Waals surface area contributed by atoms with Crippen LogP contribution >= 0.6 is 0 Å². The summed E-state index contributed by atoms with van der Waals surface area (Å²) >= 11 is 0. The van der Waals surface area contributed by atoms with E-state index in [9.17, 15) is 14.4 Å². The summed E-state index contributed by atoms with van der Waals surface area (Å²) in [6, 6.07) is 15.8. The standard InChI is InChI=1S/C25H30N2O5Si/c1-27(25(30)22-15-23(29)26-32-22)24(19-10-6-18(7-11-19)16-31-2)21(28)14-17-8-12-20(13-9-17)33(3,4)5/h6-13,15,24H,14,16H2,1-5H3,(H,26,29). The number of Topliss-reactive ketones (excluding diaryl/α,β-unsaturated/α-hetero) is 1. The zero-order valence-corrected chi connectivity index (χ0v) is 20.7. The monoisotopic (exact) mass is 466 g/mol. The highest BCUT2D eigenvalue weighted by Gasteiger charge is 2.31. The lowest BCUT2D eigenvalue weighted by atomic mass is 9.95. The summed E-state index contributed by atoms with van der Waals surface area (Å²) in [5.41, 5.74) is 2.00. The molecule has 33 heavy (non-hydrogen) atoms. The van der Waals surface area contributed by atoms with E-state index in [2.05, 4.69) is 36.9 Å². The lowest BCUT2D eigenvalue weighted by Crippen LogP contribution is -2.38. The maximum Gasteiger partial charge on any atom is 0.293 e. The van der Waals surface area contributed by atoms with E-state index in [0.29, 0.717) is 12.2 Å². The zero-order valence-electron chi connectivity index (χ0n) is 19.7. The molecule has 7 nitrogen and oxygen atoms in total. The molecule has 0 aliphatic carbocycles. The summed E-state index contributed by atoms with van der Waals surface area (Å²) in [5, 5.41) is 3.44. The lowest BCUT2D eigenvalue weighted by Gasteiger charge is -2.27. The second-order valence-electron chi connectivity index (χ2n) is 9.16. The topological polar surface area (TPSA) is 92.6 Å². The van der Waals surface area contributed by atoms with Crippen molar-refractivity contribution in [3.05, 3.63) is 87.4 Å². The molecule has 0 saturated carbocycles. The van der Waals surface area contributed by atoms with Crippen molar-refractivity contribution >= 4 is 25.0 Å². The van der Waals surface area contributed by atoms with Gasteiger partial charge < -0.3 is 14.2 Å². The van der Waals surface area contributed by atoms with Crippen LogP contribution in [0.2, 0.25) is 19.6 Å². The molecule has 3 rings (SSSR count). The van der Waals surface area contributed by atoms with Crippen LogP contribution in [0.5, 0.6) is 0 Å². The number of ether oxygens (including phenoxy) is 1. The van der Waals surface area contributed by atoms with Gasteiger partial charge in [-0.05, 0) is 16.7 Å². The first-order valence-corrected chi connectivity index (χ1v) is 14.3. The van der Waals surface area contributed by atoms with Crippen molar-refractivity contribution in [1.29, 1.82) is 0 Å². The Bertz CT molecular complexity index is 1160. The van der Waals surface area contributed by atoms with Gasteiger partial charge in [0.1, 0.15) is 6.04 Å². The number of hydrogen-bond acceptors (Lipinski definition) is 5. The highest BCUT2D eigenvalue weighted by Crippen LogP contribution is 2.25. The summed E-state index contributed by atoms with van der Waals surface area (Å²) in [6.45, 7) is 7.27. The van der Waals surface area contributed by atoms with Gasteiger partial charge in [0, 0.05) is 20.6 Å². The SMILES string of the molecule is COCc1ccc(C(C(=O)Cc2ccc([Si](C)(C)C)cc2)N(C)C(=O)c2cc(=O)[nH]o2)cc1. The van der Waals surface area contributed by atoms with Gasteiger partial charge in [0.25, 0.3) is 11.5 Å². The summed E-state index contributed by atoms with van der Waals surface area (Å²) in [5.74, 6) is -0.832. The molecule has 0 aliphatic rings. The Morgan fingerprint density at radius 3 is 2.15 bits per heavy atom. The van der Waals surface area contributed by atoms with Gasteiger partial charge in [-0.15, -0.1) is 0 Å². The third-order valence-electron chi connectivity index (χ3n) is 5.55. The number of carbonyl (C=O) groups is 2. The molecule has 0 spiro atoms. The molecule has 0 saturated heterocycles. The minimum Gasteiger partial charge on any atom is -0.380 e. The molecule has 0 fully saturated rings. The van der Waals surface area contributed by atoms with Gasteiger partial charge >= 0.3 is 0 Å². The first-order valence-electron chi connectivity index (χ1n) is 10.8. The number of aromatic nitrogens is 1. The fourth-order valence-electron chi connectivity index (χ4n) is 3.69. The summed E-state index contributed by atoms with van der Waals surface area (Å²) in [7, 11) is 1.71. The quantitative estimate of drug-likeness (QED) is 0.489. The third-order valence-corrected chi connectivity index (χ3v) is 7.62. The average molecular weight is 467 g/mol. The molecule has 1 amide bonds. The Kier molecular flexibility index (Phi) is 7.50. The van der Waals surface area contributed by atoms with Gasteiger partial charge in [-0.3, -0.25) is 14.4 Å². The van der Waals surface area contributed by atoms with Crippen LogP contribution in [-0.2, 0) is 22.6 Å².